The SMILES string of the molecule is CS(=O)(=O)c1ccc2nc(NC(=O)C3CC(=O)N(c4ccccc4Br)C3)sc2c1. The number of halogens is 1. The lowest BCUT2D eigenvalue weighted by molar-refractivity contribution is -0.122. The Morgan fingerprint density at radius 2 is 2.03 bits per heavy atom. The molecule has 1 fully saturated rings. The zero-order chi connectivity index (χ0) is 20.8. The Morgan fingerprint density at radius 3 is 2.76 bits per heavy atom. The lowest BCUT2D eigenvalue weighted by Crippen LogP contribution is -2.28. The van der Waals surface area contributed by atoms with E-state index < -0.39 is 15.8 Å². The number of aromatic nitrogens is 1. The van der Waals surface area contributed by atoms with Gasteiger partial charge < -0.3 is 10.2 Å². The van der Waals surface area contributed by atoms with Gasteiger partial charge in [-0.25, -0.2) is 13.4 Å². The van der Waals surface area contributed by atoms with Crippen molar-refractivity contribution >= 4 is 70.0 Å². The summed E-state index contributed by atoms with van der Waals surface area (Å²) in [5.74, 6) is -0.886. The highest BCUT2D eigenvalue weighted by molar-refractivity contribution is 9.10. The maximum Gasteiger partial charge on any atom is 0.231 e. The summed E-state index contributed by atoms with van der Waals surface area (Å²) in [6.45, 7) is 0.288. The number of nitrogens with zero attached hydrogens (tertiary/aromatic N) is 2. The number of carbonyl (C=O) groups excluding carboxylic acids is 2. The van der Waals surface area contributed by atoms with Crippen molar-refractivity contribution in [2.45, 2.75) is 11.3 Å². The summed E-state index contributed by atoms with van der Waals surface area (Å²) >= 11 is 4.64. The van der Waals surface area contributed by atoms with E-state index in [9.17, 15) is 18.0 Å². The maximum atomic E-state index is 12.7. The van der Waals surface area contributed by atoms with Crippen molar-refractivity contribution in [3.63, 3.8) is 0 Å². The number of amides is 2. The fraction of sp³-hybridized carbons (Fsp3) is 0.211. The molecule has 1 aliphatic rings. The molecule has 1 N–H and O–H groups in total. The molecule has 0 saturated carbocycles. The van der Waals surface area contributed by atoms with E-state index in [2.05, 4.69) is 26.2 Å². The van der Waals surface area contributed by atoms with Crippen LogP contribution in [0.3, 0.4) is 0 Å². The number of carbonyl (C=O) groups is 2. The number of rotatable bonds is 4. The van der Waals surface area contributed by atoms with Gasteiger partial charge in [0.15, 0.2) is 15.0 Å². The highest BCUT2D eigenvalue weighted by atomic mass is 79.9. The van der Waals surface area contributed by atoms with Crippen molar-refractivity contribution in [2.75, 3.05) is 23.0 Å². The maximum absolute atomic E-state index is 12.7. The molecule has 0 radical (unpaired) electrons. The third kappa shape index (κ3) is 4.05. The third-order valence-electron chi connectivity index (χ3n) is 4.66. The van der Waals surface area contributed by atoms with Crippen molar-refractivity contribution in [1.29, 1.82) is 0 Å². The molecule has 2 aromatic carbocycles. The van der Waals surface area contributed by atoms with E-state index in [1.54, 1.807) is 17.0 Å². The van der Waals surface area contributed by atoms with Crippen molar-refractivity contribution in [3.05, 3.63) is 46.9 Å². The van der Waals surface area contributed by atoms with Crippen LogP contribution in [-0.4, -0.2) is 38.0 Å². The molecule has 1 aromatic heterocycles. The molecule has 3 aromatic rings. The van der Waals surface area contributed by atoms with Crippen molar-refractivity contribution in [3.8, 4) is 0 Å². The summed E-state index contributed by atoms with van der Waals surface area (Å²) in [7, 11) is -3.32. The van der Waals surface area contributed by atoms with Crippen LogP contribution >= 0.6 is 27.3 Å². The summed E-state index contributed by atoms with van der Waals surface area (Å²) in [5, 5.41) is 3.14. The van der Waals surface area contributed by atoms with E-state index in [1.807, 2.05) is 24.3 Å². The van der Waals surface area contributed by atoms with Crippen LogP contribution < -0.4 is 10.2 Å². The van der Waals surface area contributed by atoms with Crippen molar-refractivity contribution in [2.24, 2.45) is 5.92 Å². The molecule has 150 valence electrons. The average molecular weight is 494 g/mol. The summed E-state index contributed by atoms with van der Waals surface area (Å²) in [4.78, 5) is 31.3. The van der Waals surface area contributed by atoms with E-state index >= 15 is 0 Å². The summed E-state index contributed by atoms with van der Waals surface area (Å²) < 4.78 is 24.9. The van der Waals surface area contributed by atoms with E-state index in [4.69, 9.17) is 0 Å². The fourth-order valence-corrected chi connectivity index (χ4v) is 5.31. The Bertz CT molecular complexity index is 1240. The predicted octanol–water partition coefficient (Wildman–Crippen LogP) is 3.45. The minimum absolute atomic E-state index is 0.112. The van der Waals surface area contributed by atoms with Crippen molar-refractivity contribution < 1.29 is 18.0 Å². The van der Waals surface area contributed by atoms with Gasteiger partial charge in [-0.15, -0.1) is 0 Å². The fourth-order valence-electron chi connectivity index (χ4n) is 3.18. The highest BCUT2D eigenvalue weighted by Gasteiger charge is 2.36. The first-order chi connectivity index (χ1) is 13.7. The van der Waals surface area contributed by atoms with E-state index in [-0.39, 0.29) is 29.7 Å². The molecule has 0 bridgehead atoms. The number of fused-ring (bicyclic) bond motifs is 1. The molecule has 0 spiro atoms. The second-order valence-electron chi connectivity index (χ2n) is 6.77. The molecular formula is C19H16BrN3O4S2. The Balaban J connectivity index is 1.51. The largest absolute Gasteiger partial charge is 0.310 e. The Labute approximate surface area is 179 Å². The zero-order valence-electron chi connectivity index (χ0n) is 15.3. The second kappa shape index (κ2) is 7.51. The molecule has 2 amide bonds. The van der Waals surface area contributed by atoms with E-state index in [0.717, 1.165) is 16.4 Å². The number of thiazole rings is 1. The molecule has 1 unspecified atom stereocenters. The first kappa shape index (κ1) is 20.0. The first-order valence-electron chi connectivity index (χ1n) is 8.69. The van der Waals surface area contributed by atoms with Gasteiger partial charge in [-0.3, -0.25) is 9.59 Å². The van der Waals surface area contributed by atoms with E-state index in [0.29, 0.717) is 15.3 Å². The van der Waals surface area contributed by atoms with Crippen LogP contribution in [0.4, 0.5) is 10.8 Å². The molecule has 2 heterocycles. The Hall–Kier alpha value is -2.30. The Kier molecular flexibility index (Phi) is 5.18. The smallest absolute Gasteiger partial charge is 0.231 e. The van der Waals surface area contributed by atoms with Crippen LogP contribution in [0.15, 0.2) is 51.8 Å². The number of para-hydroxylation sites is 1. The number of hydrogen-bond acceptors (Lipinski definition) is 6. The average Bonchev–Trinajstić information content (AvgIpc) is 3.23. The molecule has 10 heteroatoms. The predicted molar refractivity (Wildman–Crippen MR) is 116 cm³/mol. The number of nitrogens with one attached hydrogen (secondary N) is 1. The molecule has 29 heavy (non-hydrogen) atoms. The molecule has 1 saturated heterocycles. The van der Waals surface area contributed by atoms with Gasteiger partial charge in [0.25, 0.3) is 0 Å². The summed E-state index contributed by atoms with van der Waals surface area (Å²) in [6.07, 6.45) is 1.27. The number of sulfone groups is 1. The van der Waals surface area contributed by atoms with Crippen molar-refractivity contribution in [1.82, 2.24) is 4.98 Å². The monoisotopic (exact) mass is 493 g/mol. The standard InChI is InChI=1S/C19H16BrN3O4S2/c1-29(26,27)12-6-7-14-16(9-12)28-19(21-14)22-18(25)11-8-17(24)23(10-11)15-5-3-2-4-13(15)20/h2-7,9,11H,8,10H2,1H3,(H,21,22,25). The lowest BCUT2D eigenvalue weighted by Gasteiger charge is -2.18. The topological polar surface area (TPSA) is 96.4 Å². The van der Waals surface area contributed by atoms with Crippen LogP contribution in [0, 0.1) is 5.92 Å². The van der Waals surface area contributed by atoms with Gasteiger partial charge in [0.1, 0.15) is 0 Å². The van der Waals surface area contributed by atoms with Crippen LogP contribution in [-0.2, 0) is 19.4 Å². The summed E-state index contributed by atoms with van der Waals surface area (Å²) in [6, 6.07) is 12.0. The molecular weight excluding hydrogens is 478 g/mol. The van der Waals surface area contributed by atoms with Gasteiger partial charge in [-0.2, -0.15) is 0 Å². The first-order valence-corrected chi connectivity index (χ1v) is 12.2. The molecule has 4 rings (SSSR count). The Morgan fingerprint density at radius 1 is 1.28 bits per heavy atom. The van der Waals surface area contributed by atoms with Crippen LogP contribution in [0.25, 0.3) is 10.2 Å². The van der Waals surface area contributed by atoms with E-state index in [1.165, 1.54) is 17.4 Å². The third-order valence-corrected chi connectivity index (χ3v) is 7.37. The zero-order valence-corrected chi connectivity index (χ0v) is 18.5. The van der Waals surface area contributed by atoms with Crippen LogP contribution in [0.1, 0.15) is 6.42 Å². The molecule has 7 nitrogen and oxygen atoms in total. The van der Waals surface area contributed by atoms with Crippen LogP contribution in [0.5, 0.6) is 0 Å². The summed E-state index contributed by atoms with van der Waals surface area (Å²) in [5.41, 5.74) is 1.34. The van der Waals surface area contributed by atoms with Gasteiger partial charge in [-0.1, -0.05) is 23.5 Å². The normalized spacial score (nSPS) is 17.1. The molecule has 1 atom stereocenters. The quantitative estimate of drug-likeness (QED) is 0.600. The van der Waals surface area contributed by atoms with Gasteiger partial charge in [-0.05, 0) is 46.3 Å². The molecule has 1 aliphatic heterocycles. The van der Waals surface area contributed by atoms with Gasteiger partial charge in [0.05, 0.1) is 26.7 Å². The second-order valence-corrected chi connectivity index (χ2v) is 10.7. The number of hydrogen-bond donors (Lipinski definition) is 1. The number of benzene rings is 2. The minimum Gasteiger partial charge on any atom is -0.310 e. The highest BCUT2D eigenvalue weighted by Crippen LogP contribution is 2.33. The van der Waals surface area contributed by atoms with Gasteiger partial charge in [0.2, 0.25) is 11.8 Å². The molecule has 0 aliphatic carbocycles. The van der Waals surface area contributed by atoms with Gasteiger partial charge in [0, 0.05) is 23.7 Å². The minimum atomic E-state index is -3.32. The lowest BCUT2D eigenvalue weighted by atomic mass is 10.1. The number of anilines is 2. The van der Waals surface area contributed by atoms with Gasteiger partial charge >= 0.3 is 0 Å². The van der Waals surface area contributed by atoms with Crippen LogP contribution in [0.2, 0.25) is 0 Å².